The van der Waals surface area contributed by atoms with Gasteiger partial charge in [-0.3, -0.25) is 0 Å². The number of halogens is 2. The predicted octanol–water partition coefficient (Wildman–Crippen LogP) is 2.76. The molecule has 0 unspecified atom stereocenters. The van der Waals surface area contributed by atoms with Crippen LogP contribution in [0.15, 0.2) is 28.5 Å². The standard InChI is InChI=1S/C9H8Cl2N4O/c10-6-2-1-3-7(11)8(6)13-9-12-4-5-15(9)14-16/h1-3H,4-5H2,(H,12,13). The van der Waals surface area contributed by atoms with E-state index >= 15 is 0 Å². The highest BCUT2D eigenvalue weighted by Crippen LogP contribution is 2.30. The van der Waals surface area contributed by atoms with Crippen molar-refractivity contribution in [2.75, 3.05) is 18.4 Å². The molecule has 0 amide bonds. The number of benzene rings is 1. The smallest absolute Gasteiger partial charge is 0.222 e. The van der Waals surface area contributed by atoms with E-state index in [1.54, 1.807) is 18.2 Å². The molecule has 0 atom stereocenters. The fourth-order valence-corrected chi connectivity index (χ4v) is 1.84. The topological polar surface area (TPSA) is 57.1 Å². The lowest BCUT2D eigenvalue weighted by Gasteiger charge is -2.13. The Labute approximate surface area is 102 Å². The second-order valence-corrected chi connectivity index (χ2v) is 3.95. The van der Waals surface area contributed by atoms with Gasteiger partial charge in [-0.2, -0.15) is 5.01 Å². The van der Waals surface area contributed by atoms with Gasteiger partial charge in [-0.15, -0.1) is 4.91 Å². The monoisotopic (exact) mass is 258 g/mol. The number of nitrogens with one attached hydrogen (secondary N) is 1. The quantitative estimate of drug-likeness (QED) is 0.831. The summed E-state index contributed by atoms with van der Waals surface area (Å²) < 4.78 is 0. The summed E-state index contributed by atoms with van der Waals surface area (Å²) in [5.74, 6) is 0.366. The molecular weight excluding hydrogens is 251 g/mol. The molecule has 7 heteroatoms. The summed E-state index contributed by atoms with van der Waals surface area (Å²) in [4.78, 5) is 14.6. The number of rotatable bonds is 2. The molecule has 16 heavy (non-hydrogen) atoms. The van der Waals surface area contributed by atoms with Gasteiger partial charge in [0, 0.05) is 0 Å². The zero-order valence-electron chi connectivity index (χ0n) is 8.15. The summed E-state index contributed by atoms with van der Waals surface area (Å²) >= 11 is 11.9. The van der Waals surface area contributed by atoms with Gasteiger partial charge in [-0.1, -0.05) is 29.3 Å². The lowest BCUT2D eigenvalue weighted by atomic mass is 10.3. The summed E-state index contributed by atoms with van der Waals surface area (Å²) in [6.45, 7) is 0.990. The predicted molar refractivity (Wildman–Crippen MR) is 64.9 cm³/mol. The molecule has 0 fully saturated rings. The first-order chi connectivity index (χ1) is 7.72. The highest BCUT2D eigenvalue weighted by Gasteiger charge is 2.19. The SMILES string of the molecule is O=NN1CCN=C1Nc1c(Cl)cccc1Cl. The van der Waals surface area contributed by atoms with Crippen molar-refractivity contribution in [2.45, 2.75) is 0 Å². The molecule has 2 rings (SSSR count). The Balaban J connectivity index is 2.24. The second kappa shape index (κ2) is 4.67. The van der Waals surface area contributed by atoms with E-state index in [4.69, 9.17) is 23.2 Å². The number of aliphatic imine (C=N–C) groups is 1. The number of nitrogens with zero attached hydrogens (tertiary/aromatic N) is 3. The molecule has 0 saturated heterocycles. The van der Waals surface area contributed by atoms with E-state index in [2.05, 4.69) is 15.6 Å². The highest BCUT2D eigenvalue weighted by atomic mass is 35.5. The van der Waals surface area contributed by atoms with E-state index < -0.39 is 0 Å². The molecule has 1 aromatic rings. The molecule has 0 aromatic heterocycles. The van der Waals surface area contributed by atoms with Crippen LogP contribution >= 0.6 is 23.2 Å². The molecule has 1 heterocycles. The minimum atomic E-state index is 0.366. The third-order valence-corrected chi connectivity index (χ3v) is 2.75. The summed E-state index contributed by atoms with van der Waals surface area (Å²) in [6.07, 6.45) is 0. The molecular formula is C9H8Cl2N4O. The zero-order valence-corrected chi connectivity index (χ0v) is 9.66. The summed E-state index contributed by atoms with van der Waals surface area (Å²) in [6, 6.07) is 5.13. The van der Waals surface area contributed by atoms with Gasteiger partial charge in [0.05, 0.1) is 34.1 Å². The summed E-state index contributed by atoms with van der Waals surface area (Å²) in [7, 11) is 0. The lowest BCUT2D eigenvalue weighted by Crippen LogP contribution is -2.28. The number of guanidine groups is 1. The molecule has 0 saturated carbocycles. The van der Waals surface area contributed by atoms with E-state index in [0.717, 1.165) is 0 Å². The second-order valence-electron chi connectivity index (χ2n) is 3.13. The molecule has 1 aromatic carbocycles. The maximum atomic E-state index is 10.5. The highest BCUT2D eigenvalue weighted by molar-refractivity contribution is 6.39. The third kappa shape index (κ3) is 2.10. The van der Waals surface area contributed by atoms with Crippen LogP contribution in [-0.4, -0.2) is 24.1 Å². The Bertz CT molecular complexity index is 429. The van der Waals surface area contributed by atoms with Crippen LogP contribution in [0.4, 0.5) is 5.69 Å². The minimum Gasteiger partial charge on any atom is -0.322 e. The van der Waals surface area contributed by atoms with E-state index in [0.29, 0.717) is 34.8 Å². The van der Waals surface area contributed by atoms with Crippen molar-refractivity contribution in [1.82, 2.24) is 5.01 Å². The Morgan fingerprint density at radius 3 is 2.69 bits per heavy atom. The summed E-state index contributed by atoms with van der Waals surface area (Å²) in [5.41, 5.74) is 0.528. The van der Waals surface area contributed by atoms with Crippen LogP contribution in [0.3, 0.4) is 0 Å². The van der Waals surface area contributed by atoms with Gasteiger partial charge in [-0.25, -0.2) is 4.99 Å². The number of anilines is 1. The fraction of sp³-hybridized carbons (Fsp3) is 0.222. The Hall–Kier alpha value is -1.33. The zero-order chi connectivity index (χ0) is 11.5. The van der Waals surface area contributed by atoms with Crippen LogP contribution in [0.2, 0.25) is 10.0 Å². The molecule has 1 N–H and O–H groups in total. The summed E-state index contributed by atoms with van der Waals surface area (Å²) in [5, 5.41) is 7.88. The molecule has 0 aliphatic carbocycles. The molecule has 84 valence electrons. The number of nitroso groups, excluding NO2 is 1. The molecule has 5 nitrogen and oxygen atoms in total. The van der Waals surface area contributed by atoms with Crippen LogP contribution < -0.4 is 5.32 Å². The van der Waals surface area contributed by atoms with Crippen molar-refractivity contribution in [3.05, 3.63) is 33.2 Å². The molecule has 1 aliphatic heterocycles. The minimum absolute atomic E-state index is 0.366. The van der Waals surface area contributed by atoms with E-state index in [9.17, 15) is 4.91 Å². The average Bonchev–Trinajstić information content (AvgIpc) is 2.71. The van der Waals surface area contributed by atoms with Crippen LogP contribution in [0.5, 0.6) is 0 Å². The van der Waals surface area contributed by atoms with E-state index in [1.165, 1.54) is 5.01 Å². The largest absolute Gasteiger partial charge is 0.322 e. The van der Waals surface area contributed by atoms with Gasteiger partial charge in [-0.05, 0) is 12.1 Å². The number of hydrogen-bond acceptors (Lipinski definition) is 4. The Kier molecular flexibility index (Phi) is 3.26. The molecule has 0 spiro atoms. The van der Waals surface area contributed by atoms with Crippen molar-refractivity contribution in [2.24, 2.45) is 10.3 Å². The molecule has 0 radical (unpaired) electrons. The lowest BCUT2D eigenvalue weighted by molar-refractivity contribution is 0.481. The van der Waals surface area contributed by atoms with Crippen molar-refractivity contribution in [3.63, 3.8) is 0 Å². The number of hydrogen-bond donors (Lipinski definition) is 1. The van der Waals surface area contributed by atoms with Crippen LogP contribution in [-0.2, 0) is 0 Å². The maximum Gasteiger partial charge on any atom is 0.222 e. The third-order valence-electron chi connectivity index (χ3n) is 2.12. The van der Waals surface area contributed by atoms with Gasteiger partial charge < -0.3 is 5.32 Å². The average molecular weight is 259 g/mol. The van der Waals surface area contributed by atoms with Crippen LogP contribution in [0.25, 0.3) is 0 Å². The Morgan fingerprint density at radius 2 is 2.06 bits per heavy atom. The van der Waals surface area contributed by atoms with E-state index in [1.807, 2.05) is 0 Å². The van der Waals surface area contributed by atoms with Crippen molar-refractivity contribution in [1.29, 1.82) is 0 Å². The molecule has 1 aliphatic rings. The van der Waals surface area contributed by atoms with Gasteiger partial charge in [0.15, 0.2) is 0 Å². The molecule has 0 bridgehead atoms. The first kappa shape index (κ1) is 11.2. The van der Waals surface area contributed by atoms with Crippen LogP contribution in [0, 0.1) is 4.91 Å². The van der Waals surface area contributed by atoms with Crippen molar-refractivity contribution in [3.8, 4) is 0 Å². The Morgan fingerprint density at radius 1 is 1.38 bits per heavy atom. The first-order valence-corrected chi connectivity index (χ1v) is 5.34. The normalized spacial score (nSPS) is 14.9. The van der Waals surface area contributed by atoms with Gasteiger partial charge >= 0.3 is 0 Å². The van der Waals surface area contributed by atoms with E-state index in [-0.39, 0.29) is 0 Å². The van der Waals surface area contributed by atoms with Gasteiger partial charge in [0.1, 0.15) is 0 Å². The van der Waals surface area contributed by atoms with Gasteiger partial charge in [0.25, 0.3) is 0 Å². The van der Waals surface area contributed by atoms with Crippen molar-refractivity contribution < 1.29 is 0 Å². The van der Waals surface area contributed by atoms with Crippen molar-refractivity contribution >= 4 is 34.8 Å². The number of para-hydroxylation sites is 1. The first-order valence-electron chi connectivity index (χ1n) is 4.58. The maximum absolute atomic E-state index is 10.5. The van der Waals surface area contributed by atoms with Gasteiger partial charge in [0.2, 0.25) is 5.96 Å². The fourth-order valence-electron chi connectivity index (χ4n) is 1.35. The van der Waals surface area contributed by atoms with Crippen LogP contribution in [0.1, 0.15) is 0 Å².